The zero-order valence-corrected chi connectivity index (χ0v) is 23.2. The van der Waals surface area contributed by atoms with E-state index >= 15 is 0 Å². The zero-order chi connectivity index (χ0) is 21.7. The van der Waals surface area contributed by atoms with Crippen LogP contribution in [-0.2, 0) is 19.2 Å². The van der Waals surface area contributed by atoms with E-state index < -0.39 is 21.7 Å². The summed E-state index contributed by atoms with van der Waals surface area (Å²) in [6.07, 6.45) is 0.125. The molecule has 0 aromatic rings. The van der Waals surface area contributed by atoms with Crippen LogP contribution >= 0.6 is 0 Å². The van der Waals surface area contributed by atoms with Crippen molar-refractivity contribution in [2.75, 3.05) is 0 Å². The van der Waals surface area contributed by atoms with Gasteiger partial charge in [0.15, 0.2) is 0 Å². The van der Waals surface area contributed by atoms with E-state index in [1.54, 1.807) is 0 Å². The maximum Gasteiger partial charge on any atom is 2.00 e. The van der Waals surface area contributed by atoms with E-state index in [2.05, 4.69) is 0 Å². The van der Waals surface area contributed by atoms with Crippen molar-refractivity contribution in [1.29, 1.82) is 0 Å². The smallest absolute Gasteiger partial charge is 0.299 e. The van der Waals surface area contributed by atoms with Crippen LogP contribution in [0.3, 0.4) is 0 Å². The van der Waals surface area contributed by atoms with Crippen LogP contribution in [0.4, 0.5) is 0 Å². The monoisotopic (exact) mass is 456 g/mol. The molecule has 0 amide bonds. The predicted molar refractivity (Wildman–Crippen MR) is 113 cm³/mol. The van der Waals surface area contributed by atoms with E-state index in [0.717, 1.165) is 0 Å². The minimum atomic E-state index is -0.402. The topological polar surface area (TPSA) is 68.3 Å². The van der Waals surface area contributed by atoms with Crippen LogP contribution < -0.4 is 0 Å². The van der Waals surface area contributed by atoms with Crippen molar-refractivity contribution in [3.8, 4) is 0 Å². The minimum Gasteiger partial charge on any atom is -0.299 e. The molecule has 0 saturated heterocycles. The average Bonchev–Trinajstić information content (AvgIpc) is 2.34. The molecule has 0 aliphatic carbocycles. The van der Waals surface area contributed by atoms with Crippen molar-refractivity contribution in [3.05, 3.63) is 0 Å². The average molecular weight is 456 g/mol. The van der Waals surface area contributed by atoms with Crippen LogP contribution in [0.25, 0.3) is 0 Å². The Hall–Kier alpha value is 0.161. The molecule has 0 aliphatic heterocycles. The normalized spacial score (nSPS) is 12.3. The maximum atomic E-state index is 11.5. The molecular weight excluding hydrogens is 416 g/mol. The molecule has 0 fully saturated rings. The third-order valence-corrected chi connectivity index (χ3v) is 3.99. The molecule has 4 nitrogen and oxygen atoms in total. The van der Waals surface area contributed by atoms with E-state index in [-0.39, 0.29) is 81.5 Å². The number of hydrogen-bond acceptors (Lipinski definition) is 4. The van der Waals surface area contributed by atoms with Gasteiger partial charge in [-0.2, -0.15) is 0 Å². The summed E-state index contributed by atoms with van der Waals surface area (Å²) < 4.78 is 0. The molecule has 0 aliphatic rings. The van der Waals surface area contributed by atoms with Crippen LogP contribution in [0.5, 0.6) is 0 Å². The second kappa shape index (κ2) is 11.4. The number of carbonyl (C=O) groups excluding carboxylic acids is 4. The summed E-state index contributed by atoms with van der Waals surface area (Å²) in [6.45, 7) is 22.1. The quantitative estimate of drug-likeness (QED) is 0.449. The van der Waals surface area contributed by atoms with Gasteiger partial charge in [0.1, 0.15) is 23.1 Å². The molecule has 0 aromatic carbocycles. The Morgan fingerprint density at radius 3 is 0.593 bits per heavy atom. The number of carbonyl (C=O) groups is 4. The van der Waals surface area contributed by atoms with Crippen LogP contribution in [-0.4, -0.2) is 68.6 Å². The van der Waals surface area contributed by atoms with Crippen molar-refractivity contribution >= 4 is 68.6 Å². The van der Waals surface area contributed by atoms with E-state index in [1.165, 1.54) is 0 Å². The summed E-state index contributed by atoms with van der Waals surface area (Å²) in [6, 6.07) is 0. The van der Waals surface area contributed by atoms with Gasteiger partial charge in [0, 0.05) is 21.7 Å². The molecule has 0 bridgehead atoms. The van der Waals surface area contributed by atoms with Gasteiger partial charge in [-0.05, 0) is 0 Å². The van der Waals surface area contributed by atoms with Gasteiger partial charge in [0.25, 0.3) is 0 Å². The van der Waals surface area contributed by atoms with Gasteiger partial charge in [0.2, 0.25) is 0 Å². The van der Waals surface area contributed by atoms with Crippen molar-refractivity contribution in [2.45, 2.75) is 95.9 Å². The fourth-order valence-corrected chi connectivity index (χ4v) is 1.35. The molecule has 0 aromatic heterocycles. The summed E-state index contributed by atoms with van der Waals surface area (Å²) in [5, 5.41) is 0. The molecule has 27 heavy (non-hydrogen) atoms. The predicted octanol–water partition coefficient (Wildman–Crippen LogP) is 4.83. The van der Waals surface area contributed by atoms with Crippen LogP contribution in [0, 0.1) is 21.7 Å². The molecular formula is C22H40O4Sr+2. The summed E-state index contributed by atoms with van der Waals surface area (Å²) >= 11 is 0. The maximum absolute atomic E-state index is 11.5. The van der Waals surface area contributed by atoms with E-state index in [9.17, 15) is 19.2 Å². The third-order valence-electron chi connectivity index (χ3n) is 3.99. The minimum absolute atomic E-state index is 0. The van der Waals surface area contributed by atoms with Gasteiger partial charge >= 0.3 is 45.5 Å². The number of ketones is 4. The molecule has 0 heterocycles. The first kappa shape index (κ1) is 31.8. The molecule has 0 radical (unpaired) electrons. The van der Waals surface area contributed by atoms with Crippen LogP contribution in [0.2, 0.25) is 0 Å². The Kier molecular flexibility index (Phi) is 13.4. The first-order chi connectivity index (χ1) is 11.1. The third kappa shape index (κ3) is 14.8. The number of hydrogen-bond donors (Lipinski definition) is 0. The fourth-order valence-electron chi connectivity index (χ4n) is 1.35. The second-order valence-corrected chi connectivity index (χ2v) is 11.0. The van der Waals surface area contributed by atoms with Gasteiger partial charge in [-0.3, -0.25) is 19.2 Å². The van der Waals surface area contributed by atoms with Crippen molar-refractivity contribution in [2.24, 2.45) is 21.7 Å². The summed E-state index contributed by atoms with van der Waals surface area (Å²) in [5.41, 5.74) is -1.61. The van der Waals surface area contributed by atoms with Gasteiger partial charge < -0.3 is 0 Å². The zero-order valence-electron chi connectivity index (χ0n) is 19.8. The number of Topliss-reactive ketones (excluding diaryl/α,β-unsaturated/α-hetero) is 4. The van der Waals surface area contributed by atoms with E-state index in [4.69, 9.17) is 0 Å². The van der Waals surface area contributed by atoms with Gasteiger partial charge in [-0.15, -0.1) is 0 Å². The Labute approximate surface area is 203 Å². The van der Waals surface area contributed by atoms with Crippen molar-refractivity contribution in [3.63, 3.8) is 0 Å². The molecule has 0 rings (SSSR count). The molecule has 0 saturated carbocycles. The second-order valence-electron chi connectivity index (χ2n) is 11.0. The first-order valence-corrected chi connectivity index (χ1v) is 9.23. The Balaban J connectivity index is -0.000000411. The first-order valence-electron chi connectivity index (χ1n) is 9.23. The largest absolute Gasteiger partial charge is 2.00 e. The van der Waals surface area contributed by atoms with Gasteiger partial charge in [-0.1, -0.05) is 83.1 Å². The van der Waals surface area contributed by atoms with Crippen molar-refractivity contribution in [1.82, 2.24) is 0 Å². The van der Waals surface area contributed by atoms with Crippen LogP contribution in [0.15, 0.2) is 0 Å². The molecule has 0 N–H and O–H groups in total. The molecule has 0 atom stereocenters. The molecule has 152 valence electrons. The summed E-state index contributed by atoms with van der Waals surface area (Å²) in [5.74, 6) is 0.0831. The fraction of sp³-hybridized carbons (Fsp3) is 0.818. The van der Waals surface area contributed by atoms with Gasteiger partial charge in [0.05, 0.1) is 12.8 Å². The van der Waals surface area contributed by atoms with Crippen molar-refractivity contribution < 1.29 is 19.2 Å². The Bertz CT molecular complexity index is 435. The molecule has 0 spiro atoms. The number of rotatable bonds is 4. The van der Waals surface area contributed by atoms with E-state index in [0.29, 0.717) is 0 Å². The summed E-state index contributed by atoms with van der Waals surface area (Å²) in [4.78, 5) is 46.0. The van der Waals surface area contributed by atoms with Gasteiger partial charge in [-0.25, -0.2) is 0 Å². The SMILES string of the molecule is CC(C)(C)C(=O)CC(=O)C(C)(C)C.CC(C)(C)C(=O)CC(=O)C(C)(C)C.[Sr+2]. The van der Waals surface area contributed by atoms with Crippen LogP contribution in [0.1, 0.15) is 95.9 Å². The standard InChI is InChI=1S/2C11H20O2.Sr/c2*1-10(2,3)8(12)7-9(13)11(4,5)6;/h2*7H2,1-6H3;/q;;+2. The molecule has 5 heteroatoms. The summed E-state index contributed by atoms with van der Waals surface area (Å²) in [7, 11) is 0. The Morgan fingerprint density at radius 1 is 0.407 bits per heavy atom. The molecule has 0 unspecified atom stereocenters. The Morgan fingerprint density at radius 2 is 0.519 bits per heavy atom. The van der Waals surface area contributed by atoms with E-state index in [1.807, 2.05) is 83.1 Å².